The highest BCUT2D eigenvalue weighted by Gasteiger charge is 2.20. The Bertz CT molecular complexity index is 1240. The first-order valence-electron chi connectivity index (χ1n) is 10.9. The molecular weight excluding hydrogens is 362 g/mol. The average molecular weight is 395 g/mol. The van der Waals surface area contributed by atoms with Crippen LogP contribution in [0.2, 0.25) is 0 Å². The number of hydrogen-bond donors (Lipinski definition) is 0. The van der Waals surface area contributed by atoms with E-state index in [1.54, 1.807) is 0 Å². The number of nitrogens with zero attached hydrogens (tertiary/aromatic N) is 1. The minimum Gasteiger partial charge on any atom is -0.198 e. The summed E-state index contributed by atoms with van der Waals surface area (Å²) >= 11 is 0. The molecule has 1 heteroatoms. The van der Waals surface area contributed by atoms with Crippen molar-refractivity contribution in [1.29, 1.82) is 0 Å². The molecule has 0 saturated heterocycles. The van der Waals surface area contributed by atoms with E-state index in [1.165, 1.54) is 61.1 Å². The van der Waals surface area contributed by atoms with Crippen LogP contribution >= 0.6 is 0 Å². The van der Waals surface area contributed by atoms with Crippen LogP contribution in [0.15, 0.2) is 60.7 Å². The van der Waals surface area contributed by atoms with Gasteiger partial charge in [0, 0.05) is 18.6 Å². The minimum atomic E-state index is 0.533. The highest BCUT2D eigenvalue weighted by Crippen LogP contribution is 2.34. The average Bonchev–Trinajstić information content (AvgIpc) is 2.69. The van der Waals surface area contributed by atoms with Crippen LogP contribution in [0.5, 0.6) is 0 Å². The van der Waals surface area contributed by atoms with Gasteiger partial charge in [0.2, 0.25) is 5.69 Å². The molecule has 3 aromatic carbocycles. The molecule has 30 heavy (non-hydrogen) atoms. The monoisotopic (exact) mass is 394 g/mol. The van der Waals surface area contributed by atoms with E-state index in [2.05, 4.69) is 114 Å². The second-order valence-corrected chi connectivity index (χ2v) is 8.99. The van der Waals surface area contributed by atoms with Crippen LogP contribution in [0.3, 0.4) is 0 Å². The van der Waals surface area contributed by atoms with Crippen LogP contribution in [0.4, 0.5) is 0 Å². The molecule has 0 radical (unpaired) electrons. The molecule has 1 nitrogen and oxygen atoms in total. The standard InChI is InChI=1S/C29H32N/c1-18(2)23-11-14-27-25(17-23)16-22(6)30(7)29(27)26-13-12-24(15-21(26)5)28-19(3)9-8-10-20(28)4/h8-18H,1-7H3/q+1. The quantitative estimate of drug-likeness (QED) is 0.320. The van der Waals surface area contributed by atoms with E-state index in [0.29, 0.717) is 5.92 Å². The summed E-state index contributed by atoms with van der Waals surface area (Å²) in [7, 11) is 2.18. The van der Waals surface area contributed by atoms with E-state index in [0.717, 1.165) is 0 Å². The molecule has 0 spiro atoms. The van der Waals surface area contributed by atoms with E-state index in [1.807, 2.05) is 0 Å². The van der Waals surface area contributed by atoms with Gasteiger partial charge in [-0.3, -0.25) is 0 Å². The normalized spacial score (nSPS) is 11.5. The van der Waals surface area contributed by atoms with Crippen molar-refractivity contribution in [3.05, 3.63) is 88.6 Å². The molecule has 0 aliphatic heterocycles. The Labute approximate surface area is 181 Å². The number of hydrogen-bond acceptors (Lipinski definition) is 0. The Morgan fingerprint density at radius 2 is 1.43 bits per heavy atom. The van der Waals surface area contributed by atoms with Gasteiger partial charge in [0.1, 0.15) is 7.05 Å². The van der Waals surface area contributed by atoms with Crippen LogP contribution in [0, 0.1) is 27.7 Å². The fraction of sp³-hybridized carbons (Fsp3) is 0.276. The van der Waals surface area contributed by atoms with Crippen LogP contribution < -0.4 is 4.57 Å². The fourth-order valence-corrected chi connectivity index (χ4v) is 4.63. The van der Waals surface area contributed by atoms with Crippen molar-refractivity contribution in [2.75, 3.05) is 0 Å². The van der Waals surface area contributed by atoms with Crippen LogP contribution in [-0.4, -0.2) is 0 Å². The molecule has 0 amide bonds. The maximum Gasteiger partial charge on any atom is 0.220 e. The fourth-order valence-electron chi connectivity index (χ4n) is 4.63. The number of pyridine rings is 1. The molecule has 4 aromatic rings. The number of aryl methyl sites for hydroxylation is 4. The van der Waals surface area contributed by atoms with E-state index in [-0.39, 0.29) is 0 Å². The summed E-state index contributed by atoms with van der Waals surface area (Å²) in [4.78, 5) is 0. The Hall–Kier alpha value is -2.93. The molecule has 1 aromatic heterocycles. The zero-order chi connectivity index (χ0) is 21.6. The maximum absolute atomic E-state index is 2.36. The first kappa shape index (κ1) is 20.3. The molecular formula is C29H32N+. The summed E-state index contributed by atoms with van der Waals surface area (Å²) in [5, 5.41) is 2.64. The first-order chi connectivity index (χ1) is 14.3. The predicted molar refractivity (Wildman–Crippen MR) is 129 cm³/mol. The number of fused-ring (bicyclic) bond motifs is 1. The van der Waals surface area contributed by atoms with Gasteiger partial charge in [-0.15, -0.1) is 0 Å². The first-order valence-corrected chi connectivity index (χ1v) is 10.9. The molecule has 0 atom stereocenters. The van der Waals surface area contributed by atoms with Gasteiger partial charge < -0.3 is 0 Å². The third-order valence-electron chi connectivity index (χ3n) is 6.48. The molecule has 152 valence electrons. The van der Waals surface area contributed by atoms with Gasteiger partial charge in [-0.2, -0.15) is 4.57 Å². The van der Waals surface area contributed by atoms with Gasteiger partial charge in [0.15, 0.2) is 5.69 Å². The molecule has 4 rings (SSSR count). The second kappa shape index (κ2) is 7.72. The second-order valence-electron chi connectivity index (χ2n) is 8.99. The van der Waals surface area contributed by atoms with Crippen LogP contribution in [0.1, 0.15) is 47.7 Å². The van der Waals surface area contributed by atoms with Crippen molar-refractivity contribution >= 4 is 10.8 Å². The highest BCUT2D eigenvalue weighted by atomic mass is 14.9. The summed E-state index contributed by atoms with van der Waals surface area (Å²) in [5.74, 6) is 0.533. The molecule has 0 aliphatic rings. The lowest BCUT2D eigenvalue weighted by Gasteiger charge is -2.15. The summed E-state index contributed by atoms with van der Waals surface area (Å²) in [6.07, 6.45) is 0. The lowest BCUT2D eigenvalue weighted by atomic mass is 9.91. The van der Waals surface area contributed by atoms with Crippen LogP contribution in [-0.2, 0) is 7.05 Å². The van der Waals surface area contributed by atoms with Crippen molar-refractivity contribution in [1.82, 2.24) is 0 Å². The summed E-state index contributed by atoms with van der Waals surface area (Å²) in [6.45, 7) is 13.4. The summed E-state index contributed by atoms with van der Waals surface area (Å²) in [6, 6.07) is 22.7. The van der Waals surface area contributed by atoms with E-state index >= 15 is 0 Å². The van der Waals surface area contributed by atoms with Crippen molar-refractivity contribution in [3.8, 4) is 22.4 Å². The summed E-state index contributed by atoms with van der Waals surface area (Å²) in [5.41, 5.74) is 11.9. The van der Waals surface area contributed by atoms with Gasteiger partial charge in [0.05, 0.1) is 5.39 Å². The molecule has 0 bridgehead atoms. The third kappa shape index (κ3) is 3.43. The zero-order valence-corrected chi connectivity index (χ0v) is 19.3. The molecule has 0 fully saturated rings. The van der Waals surface area contributed by atoms with Gasteiger partial charge in [-0.1, -0.05) is 56.3 Å². The Kier molecular flexibility index (Phi) is 5.24. The Morgan fingerprint density at radius 3 is 2.07 bits per heavy atom. The van der Waals surface area contributed by atoms with Gasteiger partial charge in [-0.25, -0.2) is 0 Å². The van der Waals surface area contributed by atoms with Crippen LogP contribution in [0.25, 0.3) is 33.2 Å². The molecule has 0 saturated carbocycles. The van der Waals surface area contributed by atoms with E-state index in [9.17, 15) is 0 Å². The number of rotatable bonds is 3. The smallest absolute Gasteiger partial charge is 0.198 e. The van der Waals surface area contributed by atoms with E-state index in [4.69, 9.17) is 0 Å². The predicted octanol–water partition coefficient (Wildman–Crippen LogP) is 7.36. The Morgan fingerprint density at radius 1 is 0.733 bits per heavy atom. The highest BCUT2D eigenvalue weighted by molar-refractivity contribution is 5.94. The molecule has 1 heterocycles. The van der Waals surface area contributed by atoms with Crippen molar-refractivity contribution in [3.63, 3.8) is 0 Å². The van der Waals surface area contributed by atoms with Crippen molar-refractivity contribution in [2.24, 2.45) is 7.05 Å². The topological polar surface area (TPSA) is 3.88 Å². The zero-order valence-electron chi connectivity index (χ0n) is 19.3. The minimum absolute atomic E-state index is 0.533. The molecule has 0 N–H and O–H groups in total. The maximum atomic E-state index is 2.36. The lowest BCUT2D eigenvalue weighted by molar-refractivity contribution is -0.665. The number of benzene rings is 3. The van der Waals surface area contributed by atoms with Gasteiger partial charge >= 0.3 is 0 Å². The third-order valence-corrected chi connectivity index (χ3v) is 6.48. The SMILES string of the molecule is Cc1cc(-c2c(C)cccc2C)ccc1-c1c2ccc(C(C)C)cc2cc(C)[n+]1C. The number of aromatic nitrogens is 1. The van der Waals surface area contributed by atoms with Gasteiger partial charge in [0.25, 0.3) is 0 Å². The van der Waals surface area contributed by atoms with Crippen molar-refractivity contribution in [2.45, 2.75) is 47.5 Å². The molecule has 0 aliphatic carbocycles. The van der Waals surface area contributed by atoms with Gasteiger partial charge in [-0.05, 0) is 77.6 Å². The summed E-state index contributed by atoms with van der Waals surface area (Å²) < 4.78 is 2.33. The molecule has 0 unspecified atom stereocenters. The largest absolute Gasteiger partial charge is 0.220 e. The van der Waals surface area contributed by atoms with E-state index < -0.39 is 0 Å². The Balaban J connectivity index is 1.93. The van der Waals surface area contributed by atoms with Crippen molar-refractivity contribution < 1.29 is 4.57 Å². The lowest BCUT2D eigenvalue weighted by Crippen LogP contribution is -2.35.